The van der Waals surface area contributed by atoms with E-state index in [9.17, 15) is 13.5 Å². The summed E-state index contributed by atoms with van der Waals surface area (Å²) in [6.45, 7) is 12.7. The number of benzene rings is 2. The van der Waals surface area contributed by atoms with Crippen molar-refractivity contribution in [1.82, 2.24) is 4.47 Å². The Kier molecular flexibility index (Phi) is 6.38. The first-order chi connectivity index (χ1) is 14.3. The molecular weight excluding hydrogens is 410 g/mol. The van der Waals surface area contributed by atoms with Gasteiger partial charge in [0.05, 0.1) is 11.5 Å². The van der Waals surface area contributed by atoms with Crippen molar-refractivity contribution in [3.63, 3.8) is 0 Å². The lowest BCUT2D eigenvalue weighted by molar-refractivity contribution is -0.0894. The molecule has 1 fully saturated rings. The largest absolute Gasteiger partial charge is 0.507 e. The Morgan fingerprint density at radius 1 is 1.00 bits per heavy atom. The van der Waals surface area contributed by atoms with Crippen molar-refractivity contribution in [2.24, 2.45) is 0 Å². The molecule has 6 heteroatoms. The molecule has 168 valence electrons. The minimum atomic E-state index is -3.69. The van der Waals surface area contributed by atoms with Gasteiger partial charge < -0.3 is 5.11 Å². The van der Waals surface area contributed by atoms with E-state index >= 15 is 0 Å². The van der Waals surface area contributed by atoms with E-state index in [0.717, 1.165) is 26.7 Å². The van der Waals surface area contributed by atoms with Crippen LogP contribution in [-0.4, -0.2) is 24.5 Å². The molecule has 2 aromatic carbocycles. The van der Waals surface area contributed by atoms with E-state index in [4.69, 9.17) is 4.84 Å². The number of hydrogen-bond donors (Lipinski definition) is 1. The average Bonchev–Trinajstić information content (AvgIpc) is 2.94. The van der Waals surface area contributed by atoms with Gasteiger partial charge in [-0.15, -0.1) is 0 Å². The van der Waals surface area contributed by atoms with Gasteiger partial charge in [0.25, 0.3) is 10.0 Å². The number of hydroxylamine groups is 1. The zero-order valence-electron chi connectivity index (χ0n) is 19.3. The van der Waals surface area contributed by atoms with Crippen LogP contribution in [0.1, 0.15) is 70.2 Å². The molecule has 0 amide bonds. The summed E-state index contributed by atoms with van der Waals surface area (Å²) in [4.78, 5) is 5.94. The van der Waals surface area contributed by atoms with E-state index in [1.54, 1.807) is 6.08 Å². The van der Waals surface area contributed by atoms with Crippen LogP contribution < -0.4 is 0 Å². The molecule has 0 spiro atoms. The Morgan fingerprint density at radius 3 is 2.06 bits per heavy atom. The fourth-order valence-electron chi connectivity index (χ4n) is 3.65. The third-order valence-corrected chi connectivity index (χ3v) is 7.24. The first kappa shape index (κ1) is 23.5. The molecule has 0 aromatic heterocycles. The number of aromatic hydroxyl groups is 1. The van der Waals surface area contributed by atoms with Gasteiger partial charge in [-0.05, 0) is 40.2 Å². The van der Waals surface area contributed by atoms with E-state index in [2.05, 4.69) is 0 Å². The second-order valence-corrected chi connectivity index (χ2v) is 12.0. The maximum atomic E-state index is 13.0. The third kappa shape index (κ3) is 5.20. The van der Waals surface area contributed by atoms with E-state index in [0.29, 0.717) is 11.3 Å². The Labute approximate surface area is 186 Å². The highest BCUT2D eigenvalue weighted by atomic mass is 32.2. The molecule has 5 nitrogen and oxygen atoms in total. The first-order valence-electron chi connectivity index (χ1n) is 10.6. The van der Waals surface area contributed by atoms with E-state index < -0.39 is 10.0 Å². The molecule has 0 saturated carbocycles. The van der Waals surface area contributed by atoms with E-state index in [1.165, 1.54) is 0 Å². The number of nitrogens with zero attached hydrogens (tertiary/aromatic N) is 1. The summed E-state index contributed by atoms with van der Waals surface area (Å²) < 4.78 is 27.1. The summed E-state index contributed by atoms with van der Waals surface area (Å²) in [6, 6.07) is 13.3. The normalized spacial score (nSPS) is 18.6. The van der Waals surface area contributed by atoms with Crippen molar-refractivity contribution in [3.05, 3.63) is 69.6 Å². The van der Waals surface area contributed by atoms with Gasteiger partial charge in [0.1, 0.15) is 5.75 Å². The summed E-state index contributed by atoms with van der Waals surface area (Å²) in [6.07, 6.45) is 2.10. The van der Waals surface area contributed by atoms with Gasteiger partial charge in [-0.1, -0.05) is 76.3 Å². The van der Waals surface area contributed by atoms with Crippen LogP contribution in [0.5, 0.6) is 5.75 Å². The zero-order chi connectivity index (χ0) is 23.0. The molecule has 0 radical (unpaired) electrons. The van der Waals surface area contributed by atoms with Crippen LogP contribution in [0, 0.1) is 0 Å². The van der Waals surface area contributed by atoms with Gasteiger partial charge in [-0.2, -0.15) is 0 Å². The van der Waals surface area contributed by atoms with E-state index in [1.807, 2.05) is 84.0 Å². The Bertz CT molecular complexity index is 1040. The second-order valence-electron chi connectivity index (χ2n) is 10.1. The lowest BCUT2D eigenvalue weighted by Crippen LogP contribution is -2.25. The van der Waals surface area contributed by atoms with Crippen LogP contribution in [-0.2, 0) is 32.3 Å². The molecule has 2 aromatic rings. The monoisotopic (exact) mass is 443 g/mol. The van der Waals surface area contributed by atoms with Crippen LogP contribution in [0.15, 0.2) is 47.4 Å². The van der Waals surface area contributed by atoms with Gasteiger partial charge in [0, 0.05) is 24.1 Å². The highest BCUT2D eigenvalue weighted by Gasteiger charge is 2.35. The molecule has 1 N–H and O–H groups in total. The summed E-state index contributed by atoms with van der Waals surface area (Å²) in [5.41, 5.74) is 2.74. The van der Waals surface area contributed by atoms with Crippen molar-refractivity contribution in [2.75, 3.05) is 6.54 Å². The fraction of sp³-hybridized carbons (Fsp3) is 0.440. The maximum Gasteiger partial charge on any atom is 0.261 e. The second kappa shape index (κ2) is 8.41. The number of hydrogen-bond acceptors (Lipinski definition) is 4. The predicted octanol–water partition coefficient (Wildman–Crippen LogP) is 5.50. The number of phenolic OH excluding ortho intramolecular Hbond substituents is 1. The molecule has 0 aliphatic carbocycles. The topological polar surface area (TPSA) is 66.8 Å². The third-order valence-electron chi connectivity index (χ3n) is 5.43. The minimum Gasteiger partial charge on any atom is -0.507 e. The van der Waals surface area contributed by atoms with Gasteiger partial charge >= 0.3 is 0 Å². The molecule has 0 bridgehead atoms. The lowest BCUT2D eigenvalue weighted by atomic mass is 9.78. The van der Waals surface area contributed by atoms with Crippen LogP contribution in [0.4, 0.5) is 0 Å². The highest BCUT2D eigenvalue weighted by Crippen LogP contribution is 2.40. The summed E-state index contributed by atoms with van der Waals surface area (Å²) in [5.74, 6) is 0.282. The Balaban J connectivity index is 1.94. The highest BCUT2D eigenvalue weighted by molar-refractivity contribution is 7.93. The molecule has 1 heterocycles. The van der Waals surface area contributed by atoms with Crippen molar-refractivity contribution in [1.29, 1.82) is 0 Å². The Morgan fingerprint density at radius 2 is 1.55 bits per heavy atom. The van der Waals surface area contributed by atoms with Crippen LogP contribution in [0.2, 0.25) is 0 Å². The molecule has 0 atom stereocenters. The van der Waals surface area contributed by atoms with Crippen molar-refractivity contribution >= 4 is 16.1 Å². The molecular formula is C25H33NO4S. The molecule has 1 aliphatic heterocycles. The molecule has 3 rings (SSSR count). The lowest BCUT2D eigenvalue weighted by Gasteiger charge is -2.28. The molecule has 31 heavy (non-hydrogen) atoms. The van der Waals surface area contributed by atoms with Crippen molar-refractivity contribution < 1.29 is 18.4 Å². The number of rotatable bonds is 4. The minimum absolute atomic E-state index is 0.203. The number of phenols is 1. The maximum absolute atomic E-state index is 13.0. The fourth-order valence-corrected chi connectivity index (χ4v) is 5.07. The van der Waals surface area contributed by atoms with Gasteiger partial charge in [0.15, 0.2) is 0 Å². The average molecular weight is 444 g/mol. The van der Waals surface area contributed by atoms with Gasteiger partial charge in [-0.25, -0.2) is 8.42 Å². The summed E-state index contributed by atoms with van der Waals surface area (Å²) in [7, 11) is -3.69. The summed E-state index contributed by atoms with van der Waals surface area (Å²) in [5, 5.41) is 10.9. The van der Waals surface area contributed by atoms with Gasteiger partial charge in [0.2, 0.25) is 0 Å². The van der Waals surface area contributed by atoms with Crippen LogP contribution in [0.3, 0.4) is 0 Å². The van der Waals surface area contributed by atoms with Gasteiger partial charge in [-0.3, -0.25) is 4.84 Å². The summed E-state index contributed by atoms with van der Waals surface area (Å²) >= 11 is 0. The van der Waals surface area contributed by atoms with Crippen molar-refractivity contribution in [3.8, 4) is 5.75 Å². The van der Waals surface area contributed by atoms with Crippen LogP contribution >= 0.6 is 0 Å². The smallest absolute Gasteiger partial charge is 0.261 e. The van der Waals surface area contributed by atoms with E-state index in [-0.39, 0.29) is 29.7 Å². The SMILES string of the molecule is CC(C)(C)c1cc(/C=C2/CCN(OCc3ccccc3)S2(=O)=O)cc(C(C)(C)C)c1O. The van der Waals surface area contributed by atoms with Crippen molar-refractivity contribution in [2.45, 2.75) is 65.4 Å². The first-order valence-corrected chi connectivity index (χ1v) is 12.0. The predicted molar refractivity (Wildman–Crippen MR) is 125 cm³/mol. The Hall–Kier alpha value is -2.15. The molecule has 0 unspecified atom stereocenters. The zero-order valence-corrected chi connectivity index (χ0v) is 20.1. The van der Waals surface area contributed by atoms with Crippen LogP contribution in [0.25, 0.3) is 6.08 Å². The number of sulfonamides is 1. The molecule has 1 aliphatic rings. The quantitative estimate of drug-likeness (QED) is 0.678. The molecule has 1 saturated heterocycles. The standard InChI is InChI=1S/C25H33NO4S/c1-24(2,3)21-15-19(16-22(23(21)27)25(4,5)6)14-20-12-13-26(31(20,28)29)30-17-18-10-8-7-9-11-18/h7-11,14-16,27H,12-13,17H2,1-6H3/b20-14-.